The van der Waals surface area contributed by atoms with E-state index in [2.05, 4.69) is 4.90 Å². The summed E-state index contributed by atoms with van der Waals surface area (Å²) in [5.41, 5.74) is 1.60. The van der Waals surface area contributed by atoms with Crippen molar-refractivity contribution in [3.05, 3.63) is 64.9 Å². The maximum atomic E-state index is 12.9. The van der Waals surface area contributed by atoms with Gasteiger partial charge < -0.3 is 14.5 Å². The van der Waals surface area contributed by atoms with E-state index in [1.165, 1.54) is 24.3 Å². The molecule has 0 atom stereocenters. The molecule has 1 aliphatic rings. The Morgan fingerprint density at radius 2 is 1.67 bits per heavy atom. The van der Waals surface area contributed by atoms with Crippen molar-refractivity contribution in [3.63, 3.8) is 0 Å². The van der Waals surface area contributed by atoms with E-state index in [9.17, 15) is 14.0 Å². The highest BCUT2D eigenvalue weighted by molar-refractivity contribution is 6.33. The Labute approximate surface area is 162 Å². The van der Waals surface area contributed by atoms with Crippen molar-refractivity contribution < 1.29 is 18.7 Å². The zero-order valence-corrected chi connectivity index (χ0v) is 15.5. The minimum atomic E-state index is -0.510. The molecule has 1 heterocycles. The zero-order chi connectivity index (χ0) is 19.2. The highest BCUT2D eigenvalue weighted by Gasteiger charge is 2.23. The topological polar surface area (TPSA) is 49.9 Å². The van der Waals surface area contributed by atoms with E-state index in [4.69, 9.17) is 16.3 Å². The van der Waals surface area contributed by atoms with Gasteiger partial charge in [-0.3, -0.25) is 9.59 Å². The third kappa shape index (κ3) is 5.20. The minimum Gasteiger partial charge on any atom is -0.455 e. The van der Waals surface area contributed by atoms with Crippen molar-refractivity contribution >= 4 is 29.2 Å². The Morgan fingerprint density at radius 1 is 1.00 bits per heavy atom. The van der Waals surface area contributed by atoms with Gasteiger partial charge in [0.05, 0.1) is 17.1 Å². The molecule has 1 saturated heterocycles. The van der Waals surface area contributed by atoms with Crippen LogP contribution in [0.4, 0.5) is 10.1 Å². The van der Waals surface area contributed by atoms with E-state index in [0.717, 1.165) is 5.69 Å². The highest BCUT2D eigenvalue weighted by Crippen LogP contribution is 2.26. The second-order valence-electron chi connectivity index (χ2n) is 6.28. The van der Waals surface area contributed by atoms with E-state index in [0.29, 0.717) is 36.8 Å². The lowest BCUT2D eigenvalue weighted by Gasteiger charge is -2.36. The molecule has 27 heavy (non-hydrogen) atoms. The van der Waals surface area contributed by atoms with Crippen molar-refractivity contribution in [2.75, 3.05) is 37.7 Å². The number of benzene rings is 2. The van der Waals surface area contributed by atoms with Crippen LogP contribution in [0.1, 0.15) is 5.56 Å². The van der Waals surface area contributed by atoms with E-state index in [-0.39, 0.29) is 24.8 Å². The molecule has 7 heteroatoms. The van der Waals surface area contributed by atoms with Gasteiger partial charge in [-0.1, -0.05) is 35.9 Å². The lowest BCUT2D eigenvalue weighted by Crippen LogP contribution is -2.50. The van der Waals surface area contributed by atoms with Crippen molar-refractivity contribution in [1.29, 1.82) is 0 Å². The number of hydrogen-bond acceptors (Lipinski definition) is 4. The van der Waals surface area contributed by atoms with Crippen LogP contribution in [0.25, 0.3) is 0 Å². The predicted octanol–water partition coefficient (Wildman–Crippen LogP) is 2.91. The summed E-state index contributed by atoms with van der Waals surface area (Å²) in [7, 11) is 0. The number of carbonyl (C=O) groups excluding carboxylic acids is 2. The number of ether oxygens (including phenoxy) is 1. The molecule has 0 radical (unpaired) electrons. The number of anilines is 1. The number of amides is 1. The molecular weight excluding hydrogens is 371 g/mol. The number of nitrogens with zero attached hydrogens (tertiary/aromatic N) is 2. The summed E-state index contributed by atoms with van der Waals surface area (Å²) < 4.78 is 17.9. The average molecular weight is 391 g/mol. The summed E-state index contributed by atoms with van der Waals surface area (Å²) in [6.45, 7) is 2.13. The maximum Gasteiger partial charge on any atom is 0.310 e. The van der Waals surface area contributed by atoms with Gasteiger partial charge in [-0.2, -0.15) is 0 Å². The second-order valence-corrected chi connectivity index (χ2v) is 6.69. The van der Waals surface area contributed by atoms with Gasteiger partial charge in [0, 0.05) is 26.2 Å². The van der Waals surface area contributed by atoms with Gasteiger partial charge in [0.2, 0.25) is 0 Å². The lowest BCUT2D eigenvalue weighted by atomic mass is 10.1. The first kappa shape index (κ1) is 19.2. The van der Waals surface area contributed by atoms with Crippen LogP contribution in [0.5, 0.6) is 0 Å². The van der Waals surface area contributed by atoms with Gasteiger partial charge in [0.1, 0.15) is 5.82 Å². The van der Waals surface area contributed by atoms with Crippen LogP contribution in [-0.2, 0) is 20.7 Å². The molecule has 1 amide bonds. The standard InChI is InChI=1S/C20H20ClFN2O3/c21-17-3-1-2-4-18(17)23-9-11-24(12-10-23)19(25)14-27-20(26)13-15-5-7-16(22)8-6-15/h1-8H,9-14H2. The van der Waals surface area contributed by atoms with Crippen molar-refractivity contribution in [1.82, 2.24) is 4.90 Å². The molecule has 0 spiro atoms. The predicted molar refractivity (Wildman–Crippen MR) is 101 cm³/mol. The first-order valence-electron chi connectivity index (χ1n) is 8.70. The molecule has 0 unspecified atom stereocenters. The van der Waals surface area contributed by atoms with E-state index in [1.54, 1.807) is 4.90 Å². The number of esters is 1. The Hall–Kier alpha value is -2.60. The molecule has 0 aliphatic carbocycles. The molecule has 0 bridgehead atoms. The minimum absolute atomic E-state index is 0.00778. The van der Waals surface area contributed by atoms with Crippen LogP contribution < -0.4 is 4.90 Å². The molecule has 142 valence electrons. The third-order valence-corrected chi connectivity index (χ3v) is 4.76. The van der Waals surface area contributed by atoms with E-state index >= 15 is 0 Å². The van der Waals surface area contributed by atoms with Crippen LogP contribution in [0, 0.1) is 5.82 Å². The maximum absolute atomic E-state index is 12.9. The quantitative estimate of drug-likeness (QED) is 0.737. The summed E-state index contributed by atoms with van der Waals surface area (Å²) in [5, 5.41) is 0.687. The van der Waals surface area contributed by atoms with E-state index < -0.39 is 5.97 Å². The molecule has 2 aromatic rings. The summed E-state index contributed by atoms with van der Waals surface area (Å²) in [5.74, 6) is -1.09. The van der Waals surface area contributed by atoms with Crippen molar-refractivity contribution in [2.45, 2.75) is 6.42 Å². The van der Waals surface area contributed by atoms with Crippen LogP contribution >= 0.6 is 11.6 Å². The van der Waals surface area contributed by atoms with Gasteiger partial charge in [0.15, 0.2) is 6.61 Å². The second kappa shape index (κ2) is 8.86. The molecular formula is C20H20ClFN2O3. The number of hydrogen-bond donors (Lipinski definition) is 0. The Bertz CT molecular complexity index is 805. The number of halogens is 2. The smallest absolute Gasteiger partial charge is 0.310 e. The number of carbonyl (C=O) groups is 2. The number of rotatable bonds is 5. The summed E-state index contributed by atoms with van der Waals surface area (Å²) in [6, 6.07) is 13.2. The number of piperazine rings is 1. The third-order valence-electron chi connectivity index (χ3n) is 4.44. The highest BCUT2D eigenvalue weighted by atomic mass is 35.5. The summed E-state index contributed by atoms with van der Waals surface area (Å²) in [6.07, 6.45) is 0.00778. The fraction of sp³-hybridized carbons (Fsp3) is 0.300. The molecule has 3 rings (SSSR count). The SMILES string of the molecule is O=C(Cc1ccc(F)cc1)OCC(=O)N1CCN(c2ccccc2Cl)CC1. The molecule has 0 aromatic heterocycles. The van der Waals surface area contributed by atoms with Crippen LogP contribution in [0.3, 0.4) is 0 Å². The normalized spacial score (nSPS) is 14.1. The molecule has 5 nitrogen and oxygen atoms in total. The summed E-state index contributed by atoms with van der Waals surface area (Å²) in [4.78, 5) is 27.9. The summed E-state index contributed by atoms with van der Waals surface area (Å²) >= 11 is 6.22. The molecule has 0 N–H and O–H groups in total. The first-order valence-corrected chi connectivity index (χ1v) is 9.08. The van der Waals surface area contributed by atoms with Crippen LogP contribution in [0.15, 0.2) is 48.5 Å². The lowest BCUT2D eigenvalue weighted by molar-refractivity contribution is -0.151. The van der Waals surface area contributed by atoms with Crippen LogP contribution in [0.2, 0.25) is 5.02 Å². The van der Waals surface area contributed by atoms with Crippen LogP contribution in [-0.4, -0.2) is 49.6 Å². The van der Waals surface area contributed by atoms with Crippen molar-refractivity contribution in [3.8, 4) is 0 Å². The van der Waals surface area contributed by atoms with Gasteiger partial charge in [-0.05, 0) is 29.8 Å². The molecule has 1 fully saturated rings. The zero-order valence-electron chi connectivity index (χ0n) is 14.7. The Kier molecular flexibility index (Phi) is 6.29. The number of para-hydroxylation sites is 1. The monoisotopic (exact) mass is 390 g/mol. The first-order chi connectivity index (χ1) is 13.0. The molecule has 0 saturated carbocycles. The Morgan fingerprint density at radius 3 is 2.33 bits per heavy atom. The van der Waals surface area contributed by atoms with Gasteiger partial charge >= 0.3 is 5.97 Å². The Balaban J connectivity index is 1.43. The fourth-order valence-electron chi connectivity index (χ4n) is 2.96. The van der Waals surface area contributed by atoms with Crippen molar-refractivity contribution in [2.24, 2.45) is 0 Å². The molecule has 2 aromatic carbocycles. The largest absolute Gasteiger partial charge is 0.455 e. The van der Waals surface area contributed by atoms with Gasteiger partial charge in [0.25, 0.3) is 5.91 Å². The van der Waals surface area contributed by atoms with Gasteiger partial charge in [-0.25, -0.2) is 4.39 Å². The van der Waals surface area contributed by atoms with Gasteiger partial charge in [-0.15, -0.1) is 0 Å². The fourth-order valence-corrected chi connectivity index (χ4v) is 3.21. The molecule has 1 aliphatic heterocycles. The van der Waals surface area contributed by atoms with E-state index in [1.807, 2.05) is 24.3 Å². The average Bonchev–Trinajstić information content (AvgIpc) is 2.68.